The highest BCUT2D eigenvalue weighted by Crippen LogP contribution is 2.30. The monoisotopic (exact) mass is 305 g/mol. The summed E-state index contributed by atoms with van der Waals surface area (Å²) in [5.41, 5.74) is 5.56. The van der Waals surface area contributed by atoms with E-state index in [-0.39, 0.29) is 11.3 Å². The summed E-state index contributed by atoms with van der Waals surface area (Å²) in [5, 5.41) is 0. The molecule has 1 heterocycles. The van der Waals surface area contributed by atoms with Gasteiger partial charge >= 0.3 is 0 Å². The van der Waals surface area contributed by atoms with Crippen molar-refractivity contribution in [1.82, 2.24) is 0 Å². The van der Waals surface area contributed by atoms with Crippen molar-refractivity contribution < 1.29 is 17.6 Å². The summed E-state index contributed by atoms with van der Waals surface area (Å²) in [4.78, 5) is 0. The van der Waals surface area contributed by atoms with E-state index in [0.29, 0.717) is 4.47 Å². The van der Waals surface area contributed by atoms with Gasteiger partial charge in [-0.15, -0.1) is 0 Å². The van der Waals surface area contributed by atoms with E-state index >= 15 is 0 Å². The van der Waals surface area contributed by atoms with Crippen molar-refractivity contribution in [3.8, 4) is 0 Å². The highest BCUT2D eigenvalue weighted by atomic mass is 79.9. The van der Waals surface area contributed by atoms with Crippen LogP contribution in [0.4, 0.5) is 13.2 Å². The third-order valence-corrected chi connectivity index (χ3v) is 2.98. The second kappa shape index (κ2) is 4.54. The number of halogens is 4. The highest BCUT2D eigenvalue weighted by Gasteiger charge is 2.22. The van der Waals surface area contributed by atoms with Gasteiger partial charge in [0.25, 0.3) is 0 Å². The minimum atomic E-state index is -1.54. The lowest BCUT2D eigenvalue weighted by Crippen LogP contribution is -2.14. The minimum Gasteiger partial charge on any atom is -0.466 e. The van der Waals surface area contributed by atoms with Crippen LogP contribution in [0.5, 0.6) is 0 Å². The van der Waals surface area contributed by atoms with E-state index in [2.05, 4.69) is 15.9 Å². The van der Waals surface area contributed by atoms with E-state index in [9.17, 15) is 13.2 Å². The highest BCUT2D eigenvalue weighted by molar-refractivity contribution is 9.10. The minimum absolute atomic E-state index is 0.167. The molecule has 17 heavy (non-hydrogen) atoms. The van der Waals surface area contributed by atoms with Gasteiger partial charge in [-0.25, -0.2) is 13.2 Å². The van der Waals surface area contributed by atoms with Gasteiger partial charge < -0.3 is 10.2 Å². The lowest BCUT2D eigenvalue weighted by molar-refractivity contribution is 0.428. The molecule has 2 rings (SSSR count). The van der Waals surface area contributed by atoms with Gasteiger partial charge in [0, 0.05) is 5.56 Å². The van der Waals surface area contributed by atoms with Crippen LogP contribution in [0.3, 0.4) is 0 Å². The van der Waals surface area contributed by atoms with E-state index in [0.717, 1.165) is 12.1 Å². The van der Waals surface area contributed by atoms with Gasteiger partial charge in [-0.1, -0.05) is 6.07 Å². The average molecular weight is 306 g/mol. The lowest BCUT2D eigenvalue weighted by atomic mass is 10.0. The molecule has 0 fully saturated rings. The van der Waals surface area contributed by atoms with Crippen LogP contribution in [0, 0.1) is 17.5 Å². The maximum Gasteiger partial charge on any atom is 0.194 e. The van der Waals surface area contributed by atoms with Crippen molar-refractivity contribution in [1.29, 1.82) is 0 Å². The molecule has 0 saturated heterocycles. The van der Waals surface area contributed by atoms with Crippen molar-refractivity contribution >= 4 is 15.9 Å². The Hall–Kier alpha value is -1.27. The summed E-state index contributed by atoms with van der Waals surface area (Å²) >= 11 is 3.16. The molecule has 0 radical (unpaired) electrons. The number of hydrogen-bond acceptors (Lipinski definition) is 2. The predicted molar refractivity (Wildman–Crippen MR) is 58.8 cm³/mol. The predicted octanol–water partition coefficient (Wildman–Crippen LogP) is 3.51. The van der Waals surface area contributed by atoms with E-state index in [1.807, 2.05) is 0 Å². The molecular weight excluding hydrogens is 299 g/mol. The van der Waals surface area contributed by atoms with Crippen molar-refractivity contribution in [3.63, 3.8) is 0 Å². The Bertz CT molecular complexity index is 556. The molecule has 0 aliphatic carbocycles. The van der Waals surface area contributed by atoms with Gasteiger partial charge in [0.05, 0.1) is 16.8 Å². The van der Waals surface area contributed by atoms with Gasteiger partial charge in [-0.2, -0.15) is 0 Å². The first-order valence-corrected chi connectivity index (χ1v) is 5.43. The summed E-state index contributed by atoms with van der Waals surface area (Å²) in [5.74, 6) is -3.85. The fraction of sp³-hybridized carbons (Fsp3) is 0.0909. The number of nitrogens with two attached hydrogens (primary N) is 1. The third-order valence-electron chi connectivity index (χ3n) is 2.33. The molecule has 1 atom stereocenters. The van der Waals surface area contributed by atoms with Crippen LogP contribution in [0.15, 0.2) is 33.4 Å². The third kappa shape index (κ3) is 2.10. The normalized spacial score (nSPS) is 12.8. The fourth-order valence-electron chi connectivity index (χ4n) is 1.45. The Balaban J connectivity index is 2.48. The maximum atomic E-state index is 13.5. The van der Waals surface area contributed by atoms with Crippen LogP contribution in [0.1, 0.15) is 17.4 Å². The lowest BCUT2D eigenvalue weighted by Gasteiger charge is -2.11. The van der Waals surface area contributed by atoms with Crippen LogP contribution in [0.2, 0.25) is 0 Å². The first kappa shape index (κ1) is 12.2. The smallest absolute Gasteiger partial charge is 0.194 e. The molecule has 1 aromatic heterocycles. The summed E-state index contributed by atoms with van der Waals surface area (Å²) < 4.78 is 44.9. The fourth-order valence-corrected chi connectivity index (χ4v) is 1.90. The molecule has 0 aliphatic rings. The molecule has 0 aliphatic heterocycles. The van der Waals surface area contributed by atoms with E-state index in [4.69, 9.17) is 10.2 Å². The van der Waals surface area contributed by atoms with Crippen LogP contribution in [-0.4, -0.2) is 0 Å². The van der Waals surface area contributed by atoms with E-state index in [1.165, 1.54) is 6.26 Å². The largest absolute Gasteiger partial charge is 0.466 e. The quantitative estimate of drug-likeness (QED) is 0.862. The van der Waals surface area contributed by atoms with Crippen molar-refractivity contribution in [2.24, 2.45) is 5.73 Å². The summed E-state index contributed by atoms with van der Waals surface area (Å²) in [7, 11) is 0. The Morgan fingerprint density at radius 3 is 2.41 bits per heavy atom. The second-order valence-corrected chi connectivity index (χ2v) is 4.23. The molecular formula is C11H7BrF3NO. The zero-order valence-electron chi connectivity index (χ0n) is 8.38. The summed E-state index contributed by atoms with van der Waals surface area (Å²) in [6.07, 6.45) is 1.36. The SMILES string of the molecule is NC(c1ccc(F)c(F)c1F)c1occc1Br. The Labute approximate surface area is 103 Å². The van der Waals surface area contributed by atoms with Gasteiger partial charge in [-0.05, 0) is 28.1 Å². The summed E-state index contributed by atoms with van der Waals surface area (Å²) in [6.45, 7) is 0. The average Bonchev–Trinajstić information content (AvgIpc) is 2.72. The zero-order chi connectivity index (χ0) is 12.6. The molecule has 2 N–H and O–H groups in total. The summed E-state index contributed by atoms with van der Waals surface area (Å²) in [6, 6.07) is 2.49. The standard InChI is InChI=1S/C11H7BrF3NO/c12-6-3-4-17-11(6)10(16)5-1-2-7(13)9(15)8(5)14/h1-4,10H,16H2. The van der Waals surface area contributed by atoms with Gasteiger partial charge in [0.1, 0.15) is 5.76 Å². The molecule has 0 saturated carbocycles. The van der Waals surface area contributed by atoms with Gasteiger partial charge in [0.2, 0.25) is 0 Å². The van der Waals surface area contributed by atoms with Crippen LogP contribution >= 0.6 is 15.9 Å². The van der Waals surface area contributed by atoms with Gasteiger partial charge in [0.15, 0.2) is 17.5 Å². The van der Waals surface area contributed by atoms with Gasteiger partial charge in [-0.3, -0.25) is 0 Å². The topological polar surface area (TPSA) is 39.2 Å². The Morgan fingerprint density at radius 2 is 1.82 bits per heavy atom. The number of benzene rings is 1. The van der Waals surface area contributed by atoms with E-state index in [1.54, 1.807) is 6.07 Å². The van der Waals surface area contributed by atoms with Crippen LogP contribution in [0.25, 0.3) is 0 Å². The zero-order valence-corrected chi connectivity index (χ0v) is 9.97. The number of rotatable bonds is 2. The van der Waals surface area contributed by atoms with E-state index < -0.39 is 23.5 Å². The van der Waals surface area contributed by atoms with Crippen LogP contribution in [-0.2, 0) is 0 Å². The molecule has 1 unspecified atom stereocenters. The van der Waals surface area contributed by atoms with Crippen molar-refractivity contribution in [3.05, 3.63) is 57.7 Å². The second-order valence-electron chi connectivity index (χ2n) is 3.38. The van der Waals surface area contributed by atoms with Crippen LogP contribution < -0.4 is 5.73 Å². The first-order valence-electron chi connectivity index (χ1n) is 4.64. The molecule has 1 aromatic carbocycles. The molecule has 6 heteroatoms. The first-order chi connectivity index (χ1) is 8.02. The molecule has 0 amide bonds. The molecule has 2 nitrogen and oxygen atoms in total. The number of furan rings is 1. The maximum absolute atomic E-state index is 13.5. The van der Waals surface area contributed by atoms with Crippen molar-refractivity contribution in [2.45, 2.75) is 6.04 Å². The molecule has 2 aromatic rings. The Kier molecular flexibility index (Phi) is 3.26. The van der Waals surface area contributed by atoms with Crippen molar-refractivity contribution in [2.75, 3.05) is 0 Å². The molecule has 0 spiro atoms. The molecule has 90 valence electrons. The Morgan fingerprint density at radius 1 is 1.12 bits per heavy atom. The molecule has 0 bridgehead atoms. The number of hydrogen-bond donors (Lipinski definition) is 1.